The van der Waals surface area contributed by atoms with Gasteiger partial charge in [0.15, 0.2) is 0 Å². The molecule has 1 saturated heterocycles. The Hall–Kier alpha value is -1.56. The van der Waals surface area contributed by atoms with E-state index in [1.54, 1.807) is 17.0 Å². The minimum atomic E-state index is -0.522. The molecule has 1 aromatic rings. The van der Waals surface area contributed by atoms with Crippen LogP contribution in [-0.4, -0.2) is 35.1 Å². The molecule has 1 aliphatic heterocycles. The molecule has 1 aromatic carbocycles. The van der Waals surface area contributed by atoms with E-state index in [1.807, 2.05) is 20.8 Å². The van der Waals surface area contributed by atoms with Crippen molar-refractivity contribution < 1.29 is 14.0 Å². The van der Waals surface area contributed by atoms with Crippen LogP contribution in [-0.2, 0) is 9.59 Å². The molecule has 1 fully saturated rings. The first-order valence-electron chi connectivity index (χ1n) is 7.90. The maximum Gasteiger partial charge on any atom is 0.242 e. The van der Waals surface area contributed by atoms with Gasteiger partial charge in [0.2, 0.25) is 11.8 Å². The zero-order valence-electron chi connectivity index (χ0n) is 13.7. The van der Waals surface area contributed by atoms with Crippen molar-refractivity contribution in [3.8, 4) is 0 Å². The van der Waals surface area contributed by atoms with E-state index in [0.29, 0.717) is 18.7 Å². The lowest BCUT2D eigenvalue weighted by atomic mass is 10.0. The predicted molar refractivity (Wildman–Crippen MR) is 90.4 cm³/mol. The quantitative estimate of drug-likeness (QED) is 0.867. The van der Waals surface area contributed by atoms with Gasteiger partial charge in [-0.25, -0.2) is 4.39 Å². The van der Waals surface area contributed by atoms with Crippen LogP contribution in [0.3, 0.4) is 0 Å². The molecule has 1 heterocycles. The molecule has 1 N–H and O–H groups in total. The van der Waals surface area contributed by atoms with Gasteiger partial charge in [0, 0.05) is 6.54 Å². The average Bonchev–Trinajstić information content (AvgIpc) is 2.86. The van der Waals surface area contributed by atoms with Gasteiger partial charge in [-0.3, -0.25) is 9.59 Å². The lowest BCUT2D eigenvalue weighted by Gasteiger charge is -2.33. The molecule has 0 saturated carbocycles. The van der Waals surface area contributed by atoms with Gasteiger partial charge in [0.05, 0.1) is 5.75 Å². The van der Waals surface area contributed by atoms with Crippen molar-refractivity contribution in [1.82, 2.24) is 10.2 Å². The Labute approximate surface area is 140 Å². The predicted octanol–water partition coefficient (Wildman–Crippen LogP) is 2.95. The Balaban J connectivity index is 2.33. The van der Waals surface area contributed by atoms with Crippen LogP contribution in [0.15, 0.2) is 24.3 Å². The second-order valence-corrected chi connectivity index (χ2v) is 7.13. The molecule has 23 heavy (non-hydrogen) atoms. The summed E-state index contributed by atoms with van der Waals surface area (Å²) < 4.78 is 13.5. The molecular weight excluding hydrogens is 315 g/mol. The molecule has 4 nitrogen and oxygen atoms in total. The fourth-order valence-electron chi connectivity index (χ4n) is 2.78. The highest BCUT2D eigenvalue weighted by atomic mass is 32.2. The van der Waals surface area contributed by atoms with E-state index in [9.17, 15) is 14.0 Å². The normalized spacial score (nSPS) is 19.3. The molecule has 0 radical (unpaired) electrons. The summed E-state index contributed by atoms with van der Waals surface area (Å²) in [5.74, 6) is 0.0458. The number of halogens is 1. The Kier molecular flexibility index (Phi) is 6.04. The van der Waals surface area contributed by atoms with Crippen LogP contribution in [0, 0.1) is 11.7 Å². The highest BCUT2D eigenvalue weighted by Crippen LogP contribution is 2.41. The van der Waals surface area contributed by atoms with Crippen molar-refractivity contribution in [2.24, 2.45) is 5.92 Å². The molecule has 0 spiro atoms. The van der Waals surface area contributed by atoms with Crippen molar-refractivity contribution in [2.75, 3.05) is 12.3 Å². The summed E-state index contributed by atoms with van der Waals surface area (Å²) in [7, 11) is 0. The maximum absolute atomic E-state index is 13.5. The van der Waals surface area contributed by atoms with Gasteiger partial charge in [-0.2, -0.15) is 0 Å². The third-order valence-electron chi connectivity index (χ3n) is 3.72. The van der Waals surface area contributed by atoms with Crippen molar-refractivity contribution in [1.29, 1.82) is 0 Å². The molecule has 2 atom stereocenters. The van der Waals surface area contributed by atoms with Gasteiger partial charge in [0.25, 0.3) is 0 Å². The van der Waals surface area contributed by atoms with Gasteiger partial charge in [-0.05, 0) is 37.0 Å². The summed E-state index contributed by atoms with van der Waals surface area (Å²) in [6, 6.07) is 5.73. The average molecular weight is 338 g/mol. The third-order valence-corrected chi connectivity index (χ3v) is 4.95. The van der Waals surface area contributed by atoms with Crippen LogP contribution in [0.4, 0.5) is 4.39 Å². The number of amides is 2. The van der Waals surface area contributed by atoms with Crippen LogP contribution in [0.2, 0.25) is 0 Å². The smallest absolute Gasteiger partial charge is 0.242 e. The molecule has 0 aliphatic carbocycles. The first-order chi connectivity index (χ1) is 10.9. The molecule has 6 heteroatoms. The Morgan fingerprint density at radius 2 is 2.22 bits per heavy atom. The third kappa shape index (κ3) is 4.25. The Morgan fingerprint density at radius 1 is 1.48 bits per heavy atom. The minimum Gasteiger partial charge on any atom is -0.355 e. The van der Waals surface area contributed by atoms with E-state index in [0.717, 1.165) is 5.56 Å². The summed E-state index contributed by atoms with van der Waals surface area (Å²) in [4.78, 5) is 26.5. The van der Waals surface area contributed by atoms with E-state index in [1.165, 1.54) is 23.9 Å². The van der Waals surface area contributed by atoms with E-state index >= 15 is 0 Å². The number of carbonyl (C=O) groups excluding carboxylic acids is 2. The van der Waals surface area contributed by atoms with Crippen molar-refractivity contribution in [2.45, 2.75) is 38.6 Å². The molecule has 2 rings (SSSR count). The van der Waals surface area contributed by atoms with Crippen LogP contribution in [0.5, 0.6) is 0 Å². The van der Waals surface area contributed by atoms with Crippen LogP contribution in [0.25, 0.3) is 0 Å². The zero-order chi connectivity index (χ0) is 17.0. The topological polar surface area (TPSA) is 49.4 Å². The van der Waals surface area contributed by atoms with E-state index < -0.39 is 6.04 Å². The SMILES string of the molecule is CCNC(=O)[C@H](CC(C)C)N1C(=O)CS[C@H]1c1cccc(F)c1. The number of nitrogens with one attached hydrogen (secondary N) is 1. The van der Waals surface area contributed by atoms with E-state index in [4.69, 9.17) is 0 Å². The summed E-state index contributed by atoms with van der Waals surface area (Å²) in [6.07, 6.45) is 0.587. The summed E-state index contributed by atoms with van der Waals surface area (Å²) >= 11 is 1.44. The molecular formula is C17H23FN2O2S. The van der Waals surface area contributed by atoms with Crippen molar-refractivity contribution in [3.63, 3.8) is 0 Å². The fourth-order valence-corrected chi connectivity index (χ4v) is 3.99. The highest BCUT2D eigenvalue weighted by molar-refractivity contribution is 8.00. The summed E-state index contributed by atoms with van der Waals surface area (Å²) in [5, 5.41) is 2.50. The van der Waals surface area contributed by atoms with Crippen LogP contribution >= 0.6 is 11.8 Å². The summed E-state index contributed by atoms with van der Waals surface area (Å²) in [5.41, 5.74) is 0.721. The zero-order valence-corrected chi connectivity index (χ0v) is 14.5. The number of likely N-dealkylation sites (N-methyl/N-ethyl adjacent to an activating group) is 1. The molecule has 126 valence electrons. The number of carbonyl (C=O) groups is 2. The first-order valence-corrected chi connectivity index (χ1v) is 8.94. The standard InChI is InChI=1S/C17H23FN2O2S/c1-4-19-16(22)14(8-11(2)3)20-15(21)10-23-17(20)12-6-5-7-13(18)9-12/h5-7,9,11,14,17H,4,8,10H2,1-3H3,(H,19,22)/t14-,17-/m0/s1. The van der Waals surface area contributed by atoms with Crippen LogP contribution < -0.4 is 5.32 Å². The van der Waals surface area contributed by atoms with Crippen LogP contribution in [0.1, 0.15) is 38.1 Å². The second kappa shape index (κ2) is 7.81. The molecule has 2 amide bonds. The fraction of sp³-hybridized carbons (Fsp3) is 0.529. The minimum absolute atomic E-state index is 0.0684. The lowest BCUT2D eigenvalue weighted by molar-refractivity contribution is -0.139. The number of rotatable bonds is 6. The van der Waals surface area contributed by atoms with E-state index in [2.05, 4.69) is 5.32 Å². The number of thioether (sulfide) groups is 1. The Morgan fingerprint density at radius 3 is 2.83 bits per heavy atom. The van der Waals surface area contributed by atoms with Gasteiger partial charge in [-0.1, -0.05) is 26.0 Å². The van der Waals surface area contributed by atoms with Gasteiger partial charge < -0.3 is 10.2 Å². The molecule has 0 aromatic heterocycles. The molecule has 1 aliphatic rings. The van der Waals surface area contributed by atoms with Gasteiger partial charge in [-0.15, -0.1) is 11.8 Å². The lowest BCUT2D eigenvalue weighted by Crippen LogP contribution is -2.49. The number of hydrogen-bond donors (Lipinski definition) is 1. The number of nitrogens with zero attached hydrogens (tertiary/aromatic N) is 1. The van der Waals surface area contributed by atoms with Crippen molar-refractivity contribution >= 4 is 23.6 Å². The maximum atomic E-state index is 13.5. The molecule has 0 unspecified atom stereocenters. The van der Waals surface area contributed by atoms with Gasteiger partial charge >= 0.3 is 0 Å². The Bertz CT molecular complexity index is 579. The number of hydrogen-bond acceptors (Lipinski definition) is 3. The van der Waals surface area contributed by atoms with Gasteiger partial charge in [0.1, 0.15) is 17.2 Å². The molecule has 0 bridgehead atoms. The highest BCUT2D eigenvalue weighted by Gasteiger charge is 2.40. The van der Waals surface area contributed by atoms with Crippen molar-refractivity contribution in [3.05, 3.63) is 35.6 Å². The monoisotopic (exact) mass is 338 g/mol. The van der Waals surface area contributed by atoms with E-state index in [-0.39, 0.29) is 28.9 Å². The summed E-state index contributed by atoms with van der Waals surface area (Å²) in [6.45, 7) is 6.43. The first kappa shape index (κ1) is 17.8. The largest absolute Gasteiger partial charge is 0.355 e. The second-order valence-electron chi connectivity index (χ2n) is 6.06. The number of benzene rings is 1.